The van der Waals surface area contributed by atoms with Crippen molar-refractivity contribution >= 4 is 22.7 Å². The van der Waals surface area contributed by atoms with E-state index in [1.54, 1.807) is 0 Å². The van der Waals surface area contributed by atoms with Gasteiger partial charge in [0.15, 0.2) is 0 Å². The molecule has 27 heavy (non-hydrogen) atoms. The van der Waals surface area contributed by atoms with E-state index in [-0.39, 0.29) is 0 Å². The molecule has 1 aromatic heterocycles. The average Bonchev–Trinajstić information content (AvgIpc) is 3.53. The minimum atomic E-state index is 0.582. The molecule has 1 N–H and O–H groups in total. The van der Waals surface area contributed by atoms with E-state index >= 15 is 0 Å². The van der Waals surface area contributed by atoms with Gasteiger partial charge in [-0.15, -0.1) is 0 Å². The molecule has 1 aliphatic heterocycles. The zero-order valence-electron chi connectivity index (χ0n) is 15.5. The molecule has 0 amide bonds. The second-order valence-electron chi connectivity index (χ2n) is 7.56. The molecule has 1 aliphatic carbocycles. The van der Waals surface area contributed by atoms with Crippen molar-refractivity contribution in [1.82, 2.24) is 14.9 Å². The highest BCUT2D eigenvalue weighted by atomic mass is 15.3. The summed E-state index contributed by atoms with van der Waals surface area (Å²) in [6, 6.07) is 19.6. The van der Waals surface area contributed by atoms with Crippen LogP contribution in [0.1, 0.15) is 18.4 Å². The zero-order chi connectivity index (χ0) is 18.1. The fourth-order valence-electron chi connectivity index (χ4n) is 3.68. The van der Waals surface area contributed by atoms with Gasteiger partial charge in [0.05, 0.1) is 5.52 Å². The van der Waals surface area contributed by atoms with Gasteiger partial charge < -0.3 is 10.2 Å². The van der Waals surface area contributed by atoms with E-state index in [9.17, 15) is 0 Å². The number of anilines is 2. The van der Waals surface area contributed by atoms with Gasteiger partial charge >= 0.3 is 0 Å². The number of nitrogens with one attached hydrogen (secondary N) is 1. The fourth-order valence-corrected chi connectivity index (χ4v) is 3.68. The Morgan fingerprint density at radius 1 is 0.852 bits per heavy atom. The van der Waals surface area contributed by atoms with Crippen LogP contribution in [0.4, 0.5) is 11.8 Å². The summed E-state index contributed by atoms with van der Waals surface area (Å²) in [5.74, 6) is 1.85. The highest BCUT2D eigenvalue weighted by Crippen LogP contribution is 2.29. The summed E-state index contributed by atoms with van der Waals surface area (Å²) in [6.45, 7) is 5.02. The van der Waals surface area contributed by atoms with Crippen molar-refractivity contribution in [2.24, 2.45) is 0 Å². The van der Waals surface area contributed by atoms with Gasteiger partial charge in [-0.3, -0.25) is 4.90 Å². The first-order valence-electron chi connectivity index (χ1n) is 9.90. The molecule has 0 radical (unpaired) electrons. The lowest BCUT2D eigenvalue weighted by Gasteiger charge is -2.35. The number of aromatic nitrogens is 2. The number of hydrogen-bond acceptors (Lipinski definition) is 5. The first-order valence-corrected chi connectivity index (χ1v) is 9.90. The van der Waals surface area contributed by atoms with Gasteiger partial charge in [0, 0.05) is 44.2 Å². The molecule has 138 valence electrons. The minimum absolute atomic E-state index is 0.582. The fraction of sp³-hybridized carbons (Fsp3) is 0.364. The number of hydrogen-bond donors (Lipinski definition) is 1. The van der Waals surface area contributed by atoms with E-state index in [2.05, 4.69) is 69.7 Å². The molecule has 1 saturated heterocycles. The topological polar surface area (TPSA) is 44.3 Å². The lowest BCUT2D eigenvalue weighted by molar-refractivity contribution is 0.249. The van der Waals surface area contributed by atoms with Crippen LogP contribution in [0.5, 0.6) is 0 Å². The van der Waals surface area contributed by atoms with Gasteiger partial charge in [-0.05, 0) is 30.5 Å². The maximum absolute atomic E-state index is 4.90. The first kappa shape index (κ1) is 16.5. The molecule has 2 fully saturated rings. The predicted molar refractivity (Wildman–Crippen MR) is 110 cm³/mol. The van der Waals surface area contributed by atoms with Crippen molar-refractivity contribution < 1.29 is 0 Å². The monoisotopic (exact) mass is 359 g/mol. The molecule has 5 nitrogen and oxygen atoms in total. The molecule has 0 unspecified atom stereocenters. The summed E-state index contributed by atoms with van der Waals surface area (Å²) < 4.78 is 0. The van der Waals surface area contributed by atoms with E-state index < -0.39 is 0 Å². The summed E-state index contributed by atoms with van der Waals surface area (Å²) in [7, 11) is 0. The number of rotatable bonds is 5. The molecule has 3 aromatic rings. The summed E-state index contributed by atoms with van der Waals surface area (Å²) in [5, 5.41) is 4.71. The summed E-state index contributed by atoms with van der Waals surface area (Å²) in [5.41, 5.74) is 2.40. The Bertz CT molecular complexity index is 914. The first-order chi connectivity index (χ1) is 13.3. The highest BCUT2D eigenvalue weighted by Gasteiger charge is 2.24. The number of fused-ring (bicyclic) bond motifs is 1. The van der Waals surface area contributed by atoms with Crippen molar-refractivity contribution in [1.29, 1.82) is 0 Å². The van der Waals surface area contributed by atoms with Gasteiger partial charge in [0.2, 0.25) is 5.95 Å². The third-order valence-electron chi connectivity index (χ3n) is 5.41. The molecule has 5 rings (SSSR count). The van der Waals surface area contributed by atoms with E-state index in [0.29, 0.717) is 6.04 Å². The molecular formula is C22H25N5. The van der Waals surface area contributed by atoms with Gasteiger partial charge in [0.1, 0.15) is 5.82 Å². The van der Waals surface area contributed by atoms with E-state index in [4.69, 9.17) is 9.97 Å². The molecule has 1 saturated carbocycles. The van der Waals surface area contributed by atoms with Gasteiger partial charge in [0.25, 0.3) is 0 Å². The third kappa shape index (κ3) is 3.74. The van der Waals surface area contributed by atoms with Crippen LogP contribution in [-0.2, 0) is 6.54 Å². The van der Waals surface area contributed by atoms with Crippen LogP contribution in [0.2, 0.25) is 0 Å². The van der Waals surface area contributed by atoms with Crippen LogP contribution in [0.3, 0.4) is 0 Å². The van der Waals surface area contributed by atoms with E-state index in [0.717, 1.165) is 55.4 Å². The largest absolute Gasteiger partial charge is 0.367 e. The Morgan fingerprint density at radius 3 is 2.37 bits per heavy atom. The van der Waals surface area contributed by atoms with Crippen LogP contribution in [-0.4, -0.2) is 47.1 Å². The standard InChI is InChI=1S/C22H25N5/c1-2-6-17(7-3-1)16-26-12-14-27(15-13-26)22-24-20-9-5-4-8-19(20)21(25-22)23-18-10-11-18/h1-9,18H,10-16H2,(H,23,24,25). The quantitative estimate of drug-likeness (QED) is 0.755. The molecule has 0 bridgehead atoms. The summed E-state index contributed by atoms with van der Waals surface area (Å²) in [6.07, 6.45) is 2.48. The minimum Gasteiger partial charge on any atom is -0.367 e. The maximum Gasteiger partial charge on any atom is 0.227 e. The van der Waals surface area contributed by atoms with Crippen LogP contribution < -0.4 is 10.2 Å². The number of para-hydroxylation sites is 1. The number of nitrogens with zero attached hydrogens (tertiary/aromatic N) is 4. The summed E-state index contributed by atoms with van der Waals surface area (Å²) in [4.78, 5) is 14.6. The van der Waals surface area contributed by atoms with E-state index in [1.165, 1.54) is 18.4 Å². The van der Waals surface area contributed by atoms with Gasteiger partial charge in [-0.1, -0.05) is 42.5 Å². The smallest absolute Gasteiger partial charge is 0.227 e. The van der Waals surface area contributed by atoms with Crippen molar-refractivity contribution in [2.75, 3.05) is 36.4 Å². The molecular weight excluding hydrogens is 334 g/mol. The Kier molecular flexibility index (Phi) is 4.38. The van der Waals surface area contributed by atoms with Crippen LogP contribution in [0.15, 0.2) is 54.6 Å². The molecule has 0 atom stereocenters. The Hall–Kier alpha value is -2.66. The van der Waals surface area contributed by atoms with Gasteiger partial charge in [-0.2, -0.15) is 4.98 Å². The van der Waals surface area contributed by atoms with Crippen molar-refractivity contribution in [3.8, 4) is 0 Å². The Balaban J connectivity index is 1.32. The highest BCUT2D eigenvalue weighted by molar-refractivity contribution is 5.90. The molecule has 2 heterocycles. The molecule has 5 heteroatoms. The van der Waals surface area contributed by atoms with Crippen LogP contribution in [0, 0.1) is 0 Å². The third-order valence-corrected chi connectivity index (χ3v) is 5.41. The van der Waals surface area contributed by atoms with Crippen LogP contribution >= 0.6 is 0 Å². The Morgan fingerprint density at radius 2 is 1.59 bits per heavy atom. The molecule has 2 aromatic carbocycles. The van der Waals surface area contributed by atoms with Crippen LogP contribution in [0.25, 0.3) is 10.9 Å². The lowest BCUT2D eigenvalue weighted by atomic mass is 10.2. The second-order valence-corrected chi connectivity index (χ2v) is 7.56. The average molecular weight is 359 g/mol. The van der Waals surface area contributed by atoms with Gasteiger partial charge in [-0.25, -0.2) is 4.98 Å². The summed E-state index contributed by atoms with van der Waals surface area (Å²) >= 11 is 0. The lowest BCUT2D eigenvalue weighted by Crippen LogP contribution is -2.46. The van der Waals surface area contributed by atoms with Crippen molar-refractivity contribution in [2.45, 2.75) is 25.4 Å². The molecule has 0 spiro atoms. The Labute approximate surface area is 160 Å². The number of piperazine rings is 1. The van der Waals surface area contributed by atoms with Crippen molar-refractivity contribution in [3.05, 3.63) is 60.2 Å². The maximum atomic E-state index is 4.90. The zero-order valence-corrected chi connectivity index (χ0v) is 15.5. The van der Waals surface area contributed by atoms with Crippen molar-refractivity contribution in [3.63, 3.8) is 0 Å². The molecule has 2 aliphatic rings. The number of benzene rings is 2. The SMILES string of the molecule is c1ccc(CN2CCN(c3nc(NC4CC4)c4ccccc4n3)CC2)cc1. The predicted octanol–water partition coefficient (Wildman–Crippen LogP) is 3.53. The normalized spacial score (nSPS) is 18.0. The van der Waals surface area contributed by atoms with E-state index in [1.807, 2.05) is 0 Å². The second kappa shape index (κ2) is 7.16.